The molecular weight excluding hydrogens is 236 g/mol. The van der Waals surface area contributed by atoms with Crippen molar-refractivity contribution < 1.29 is 4.79 Å². The van der Waals surface area contributed by atoms with Crippen LogP contribution in [-0.2, 0) is 11.3 Å². The Balaban J connectivity index is 2.69. The number of aryl methyl sites for hydroxylation is 1. The second kappa shape index (κ2) is 7.29. The number of carbonyl (C=O) groups excluding carboxylic acids is 1. The summed E-state index contributed by atoms with van der Waals surface area (Å²) in [7, 11) is 1.86. The molecule has 1 aromatic carbocycles. The van der Waals surface area contributed by atoms with Gasteiger partial charge in [-0.1, -0.05) is 38.1 Å². The summed E-state index contributed by atoms with van der Waals surface area (Å²) in [5.41, 5.74) is 8.15. The number of carbonyl (C=O) groups is 1. The lowest BCUT2D eigenvalue weighted by molar-refractivity contribution is -0.134. The van der Waals surface area contributed by atoms with Crippen LogP contribution in [0.1, 0.15) is 31.4 Å². The third-order valence-corrected chi connectivity index (χ3v) is 3.43. The van der Waals surface area contributed by atoms with E-state index < -0.39 is 0 Å². The number of nitrogens with zero attached hydrogens (tertiary/aromatic N) is 1. The van der Waals surface area contributed by atoms with Crippen LogP contribution in [0.25, 0.3) is 0 Å². The number of benzene rings is 1. The van der Waals surface area contributed by atoms with E-state index in [-0.39, 0.29) is 11.8 Å². The van der Waals surface area contributed by atoms with Gasteiger partial charge in [-0.3, -0.25) is 4.79 Å². The summed E-state index contributed by atoms with van der Waals surface area (Å²) in [5, 5.41) is 0. The maximum Gasteiger partial charge on any atom is 0.227 e. The Bertz CT molecular complexity index is 415. The summed E-state index contributed by atoms with van der Waals surface area (Å²) in [6.45, 7) is 7.39. The van der Waals surface area contributed by atoms with E-state index in [2.05, 4.69) is 32.9 Å². The Morgan fingerprint density at radius 1 is 1.32 bits per heavy atom. The molecule has 1 unspecified atom stereocenters. The van der Waals surface area contributed by atoms with Gasteiger partial charge in [-0.25, -0.2) is 0 Å². The Hall–Kier alpha value is -1.35. The van der Waals surface area contributed by atoms with Crippen molar-refractivity contribution >= 4 is 5.91 Å². The van der Waals surface area contributed by atoms with Gasteiger partial charge in [0.15, 0.2) is 0 Å². The number of amides is 1. The van der Waals surface area contributed by atoms with Crippen molar-refractivity contribution in [3.05, 3.63) is 35.4 Å². The van der Waals surface area contributed by atoms with Crippen LogP contribution in [0.5, 0.6) is 0 Å². The second-order valence-electron chi connectivity index (χ2n) is 5.68. The maximum absolute atomic E-state index is 12.4. The summed E-state index contributed by atoms with van der Waals surface area (Å²) in [6.07, 6.45) is 0.855. The SMILES string of the molecule is Cc1ccccc1CN(C)C(=O)C(CN)CC(C)C. The van der Waals surface area contributed by atoms with Gasteiger partial charge in [0.05, 0.1) is 5.92 Å². The lowest BCUT2D eigenvalue weighted by Gasteiger charge is -2.24. The van der Waals surface area contributed by atoms with Gasteiger partial charge in [0, 0.05) is 20.1 Å². The van der Waals surface area contributed by atoms with Crippen molar-refractivity contribution in [2.75, 3.05) is 13.6 Å². The van der Waals surface area contributed by atoms with Gasteiger partial charge in [0.25, 0.3) is 0 Å². The highest BCUT2D eigenvalue weighted by atomic mass is 16.2. The minimum Gasteiger partial charge on any atom is -0.341 e. The molecule has 19 heavy (non-hydrogen) atoms. The van der Waals surface area contributed by atoms with E-state index >= 15 is 0 Å². The van der Waals surface area contributed by atoms with E-state index in [0.29, 0.717) is 19.0 Å². The van der Waals surface area contributed by atoms with Crippen LogP contribution in [0.2, 0.25) is 0 Å². The first kappa shape index (κ1) is 15.7. The minimum absolute atomic E-state index is 0.0611. The third kappa shape index (κ3) is 4.67. The van der Waals surface area contributed by atoms with E-state index in [4.69, 9.17) is 5.73 Å². The molecule has 3 heteroatoms. The quantitative estimate of drug-likeness (QED) is 0.856. The van der Waals surface area contributed by atoms with Crippen LogP contribution >= 0.6 is 0 Å². The van der Waals surface area contributed by atoms with Crippen molar-refractivity contribution in [3.63, 3.8) is 0 Å². The highest BCUT2D eigenvalue weighted by Crippen LogP contribution is 2.16. The number of hydrogen-bond acceptors (Lipinski definition) is 2. The van der Waals surface area contributed by atoms with Crippen molar-refractivity contribution in [2.45, 2.75) is 33.7 Å². The first-order valence-electron chi connectivity index (χ1n) is 6.95. The summed E-state index contributed by atoms with van der Waals surface area (Å²) < 4.78 is 0. The Kier molecular flexibility index (Phi) is 6.03. The molecule has 2 N–H and O–H groups in total. The third-order valence-electron chi connectivity index (χ3n) is 3.43. The van der Waals surface area contributed by atoms with Crippen LogP contribution in [0, 0.1) is 18.8 Å². The highest BCUT2D eigenvalue weighted by Gasteiger charge is 2.21. The van der Waals surface area contributed by atoms with E-state index in [0.717, 1.165) is 6.42 Å². The van der Waals surface area contributed by atoms with Crippen LogP contribution in [0.15, 0.2) is 24.3 Å². The molecule has 0 aliphatic rings. The monoisotopic (exact) mass is 262 g/mol. The Morgan fingerprint density at radius 3 is 2.47 bits per heavy atom. The van der Waals surface area contributed by atoms with Gasteiger partial charge < -0.3 is 10.6 Å². The second-order valence-corrected chi connectivity index (χ2v) is 5.68. The lowest BCUT2D eigenvalue weighted by atomic mass is 9.95. The van der Waals surface area contributed by atoms with Crippen molar-refractivity contribution in [1.82, 2.24) is 4.90 Å². The summed E-state index contributed by atoms with van der Waals surface area (Å²) in [5.74, 6) is 0.581. The summed E-state index contributed by atoms with van der Waals surface area (Å²) >= 11 is 0. The summed E-state index contributed by atoms with van der Waals surface area (Å²) in [6, 6.07) is 8.17. The molecule has 0 spiro atoms. The van der Waals surface area contributed by atoms with Gasteiger partial charge >= 0.3 is 0 Å². The Labute approximate surface area is 116 Å². The molecule has 0 bridgehead atoms. The Morgan fingerprint density at radius 2 is 1.95 bits per heavy atom. The van der Waals surface area contributed by atoms with Gasteiger partial charge in [0.2, 0.25) is 5.91 Å². The van der Waals surface area contributed by atoms with Crippen LogP contribution in [0.4, 0.5) is 0 Å². The summed E-state index contributed by atoms with van der Waals surface area (Å²) in [4.78, 5) is 14.2. The lowest BCUT2D eigenvalue weighted by Crippen LogP contribution is -2.37. The molecule has 0 fully saturated rings. The van der Waals surface area contributed by atoms with Crippen molar-refractivity contribution in [1.29, 1.82) is 0 Å². The zero-order valence-electron chi connectivity index (χ0n) is 12.5. The minimum atomic E-state index is -0.0611. The molecule has 0 saturated heterocycles. The van der Waals surface area contributed by atoms with Gasteiger partial charge in [0.1, 0.15) is 0 Å². The molecular formula is C16H26N2O. The first-order chi connectivity index (χ1) is 8.95. The molecule has 0 aliphatic heterocycles. The average molecular weight is 262 g/mol. The topological polar surface area (TPSA) is 46.3 Å². The molecule has 1 amide bonds. The largest absolute Gasteiger partial charge is 0.341 e. The fourth-order valence-electron chi connectivity index (χ4n) is 2.30. The molecule has 0 heterocycles. The normalized spacial score (nSPS) is 12.5. The standard InChI is InChI=1S/C16H26N2O/c1-12(2)9-15(10-17)16(19)18(4)11-14-8-6-5-7-13(14)3/h5-8,12,15H,9-11,17H2,1-4H3. The van der Waals surface area contributed by atoms with Crippen LogP contribution in [-0.4, -0.2) is 24.4 Å². The fraction of sp³-hybridized carbons (Fsp3) is 0.562. The smallest absolute Gasteiger partial charge is 0.227 e. The van der Waals surface area contributed by atoms with Crippen LogP contribution in [0.3, 0.4) is 0 Å². The predicted molar refractivity (Wildman–Crippen MR) is 79.7 cm³/mol. The van der Waals surface area contributed by atoms with Crippen molar-refractivity contribution in [2.24, 2.45) is 17.6 Å². The van der Waals surface area contributed by atoms with Gasteiger partial charge in [-0.2, -0.15) is 0 Å². The molecule has 0 saturated carbocycles. The molecule has 0 aliphatic carbocycles. The van der Waals surface area contributed by atoms with Gasteiger partial charge in [-0.15, -0.1) is 0 Å². The highest BCUT2D eigenvalue weighted by molar-refractivity contribution is 5.78. The van der Waals surface area contributed by atoms with E-state index in [9.17, 15) is 4.79 Å². The first-order valence-corrected chi connectivity index (χ1v) is 6.95. The van der Waals surface area contributed by atoms with Gasteiger partial charge in [-0.05, 0) is 30.4 Å². The molecule has 3 nitrogen and oxygen atoms in total. The molecule has 106 valence electrons. The zero-order chi connectivity index (χ0) is 14.4. The molecule has 1 rings (SSSR count). The zero-order valence-corrected chi connectivity index (χ0v) is 12.5. The maximum atomic E-state index is 12.4. The average Bonchev–Trinajstić information content (AvgIpc) is 2.37. The van der Waals surface area contributed by atoms with E-state index in [1.54, 1.807) is 4.90 Å². The fourth-order valence-corrected chi connectivity index (χ4v) is 2.30. The number of nitrogens with two attached hydrogens (primary N) is 1. The van der Waals surface area contributed by atoms with E-state index in [1.807, 2.05) is 19.2 Å². The molecule has 0 aromatic heterocycles. The van der Waals surface area contributed by atoms with Crippen LogP contribution < -0.4 is 5.73 Å². The number of rotatable bonds is 6. The molecule has 1 atom stereocenters. The molecule has 0 radical (unpaired) electrons. The molecule has 1 aromatic rings. The number of hydrogen-bond donors (Lipinski definition) is 1. The van der Waals surface area contributed by atoms with E-state index in [1.165, 1.54) is 11.1 Å². The predicted octanol–water partition coefficient (Wildman–Crippen LogP) is 2.57. The van der Waals surface area contributed by atoms with Crippen molar-refractivity contribution in [3.8, 4) is 0 Å².